The van der Waals surface area contributed by atoms with Crippen molar-refractivity contribution in [3.05, 3.63) is 47.5 Å². The topological polar surface area (TPSA) is 26.3 Å². The number of carbonyl (C=O) groups is 1. The van der Waals surface area contributed by atoms with E-state index < -0.39 is 0 Å². The monoisotopic (exact) mass is 230 g/mol. The van der Waals surface area contributed by atoms with Crippen LogP contribution in [-0.4, -0.2) is 5.97 Å². The Balaban J connectivity index is 2.23. The van der Waals surface area contributed by atoms with Crippen LogP contribution in [0.5, 0.6) is 0 Å². The molecule has 0 N–H and O–H groups in total. The van der Waals surface area contributed by atoms with Gasteiger partial charge in [-0.3, -0.25) is 0 Å². The standard InChI is InChI=1S/C15H18O2/c1-11(2)15(16)17-14-10-6-4-8-12-7-3-5-9-13(12)14/h3,5,7,9,14H,1,4,6,8,10H2,2H3. The van der Waals surface area contributed by atoms with E-state index in [0.717, 1.165) is 25.7 Å². The predicted molar refractivity (Wildman–Crippen MR) is 67.6 cm³/mol. The largest absolute Gasteiger partial charge is 0.454 e. The summed E-state index contributed by atoms with van der Waals surface area (Å²) in [4.78, 5) is 11.6. The van der Waals surface area contributed by atoms with Crippen molar-refractivity contribution in [3.63, 3.8) is 0 Å². The molecule has 0 fully saturated rings. The third-order valence-electron chi connectivity index (χ3n) is 3.16. The third-order valence-corrected chi connectivity index (χ3v) is 3.16. The molecule has 2 nitrogen and oxygen atoms in total. The van der Waals surface area contributed by atoms with Gasteiger partial charge in [-0.2, -0.15) is 0 Å². The van der Waals surface area contributed by atoms with Crippen molar-refractivity contribution < 1.29 is 9.53 Å². The maximum atomic E-state index is 11.6. The number of benzene rings is 1. The lowest BCUT2D eigenvalue weighted by molar-refractivity contribution is -0.144. The van der Waals surface area contributed by atoms with Crippen LogP contribution in [0.2, 0.25) is 0 Å². The molecule has 0 saturated carbocycles. The van der Waals surface area contributed by atoms with Gasteiger partial charge in [-0.1, -0.05) is 30.8 Å². The van der Waals surface area contributed by atoms with E-state index in [1.165, 1.54) is 11.1 Å². The zero-order chi connectivity index (χ0) is 12.3. The molecule has 1 atom stereocenters. The first-order valence-electron chi connectivity index (χ1n) is 6.13. The molecule has 0 amide bonds. The van der Waals surface area contributed by atoms with E-state index in [4.69, 9.17) is 4.74 Å². The van der Waals surface area contributed by atoms with Crippen molar-refractivity contribution in [2.45, 2.75) is 38.7 Å². The maximum Gasteiger partial charge on any atom is 0.333 e. The van der Waals surface area contributed by atoms with Gasteiger partial charge in [-0.25, -0.2) is 4.79 Å². The van der Waals surface area contributed by atoms with Crippen LogP contribution in [0.1, 0.15) is 43.4 Å². The average molecular weight is 230 g/mol. The normalized spacial score (nSPS) is 19.0. The first-order chi connectivity index (χ1) is 8.18. The summed E-state index contributed by atoms with van der Waals surface area (Å²) in [5.41, 5.74) is 2.94. The predicted octanol–water partition coefficient (Wildman–Crippen LogP) is 3.57. The van der Waals surface area contributed by atoms with Crippen LogP contribution in [0.3, 0.4) is 0 Å². The smallest absolute Gasteiger partial charge is 0.333 e. The van der Waals surface area contributed by atoms with Gasteiger partial charge in [-0.05, 0) is 43.7 Å². The van der Waals surface area contributed by atoms with Crippen LogP contribution >= 0.6 is 0 Å². The van der Waals surface area contributed by atoms with Gasteiger partial charge in [0.05, 0.1) is 0 Å². The lowest BCUT2D eigenvalue weighted by Crippen LogP contribution is -2.12. The second-order valence-corrected chi connectivity index (χ2v) is 4.62. The molecule has 90 valence electrons. The Morgan fingerprint density at radius 1 is 1.35 bits per heavy atom. The van der Waals surface area contributed by atoms with Crippen LogP contribution in [-0.2, 0) is 16.0 Å². The highest BCUT2D eigenvalue weighted by Crippen LogP contribution is 2.31. The summed E-state index contributed by atoms with van der Waals surface area (Å²) < 4.78 is 5.52. The number of hydrogen-bond acceptors (Lipinski definition) is 2. The fourth-order valence-electron chi connectivity index (χ4n) is 2.23. The third kappa shape index (κ3) is 2.76. The van der Waals surface area contributed by atoms with Gasteiger partial charge in [0.15, 0.2) is 0 Å². The number of carbonyl (C=O) groups excluding carboxylic acids is 1. The van der Waals surface area contributed by atoms with E-state index in [9.17, 15) is 4.79 Å². The van der Waals surface area contributed by atoms with Gasteiger partial charge in [-0.15, -0.1) is 0 Å². The molecular formula is C15H18O2. The van der Waals surface area contributed by atoms with Crippen molar-refractivity contribution in [2.24, 2.45) is 0 Å². The van der Waals surface area contributed by atoms with Crippen LogP contribution < -0.4 is 0 Å². The fraction of sp³-hybridized carbons (Fsp3) is 0.400. The highest BCUT2D eigenvalue weighted by Gasteiger charge is 2.21. The molecule has 0 bridgehead atoms. The molecular weight excluding hydrogens is 212 g/mol. The number of ether oxygens (including phenoxy) is 1. The van der Waals surface area contributed by atoms with E-state index in [-0.39, 0.29) is 12.1 Å². The zero-order valence-electron chi connectivity index (χ0n) is 10.2. The Morgan fingerprint density at radius 3 is 2.88 bits per heavy atom. The van der Waals surface area contributed by atoms with E-state index in [1.807, 2.05) is 12.1 Å². The lowest BCUT2D eigenvalue weighted by atomic mass is 10.0. The Morgan fingerprint density at radius 2 is 2.12 bits per heavy atom. The summed E-state index contributed by atoms with van der Waals surface area (Å²) in [6.07, 6.45) is 4.16. The fourth-order valence-corrected chi connectivity index (χ4v) is 2.23. The molecule has 17 heavy (non-hydrogen) atoms. The SMILES string of the molecule is C=C(C)C(=O)OC1CCCCc2ccccc21. The van der Waals surface area contributed by atoms with Gasteiger partial charge in [0, 0.05) is 5.57 Å². The molecule has 0 radical (unpaired) electrons. The summed E-state index contributed by atoms with van der Waals surface area (Å²) in [6.45, 7) is 5.31. The van der Waals surface area contributed by atoms with E-state index in [0.29, 0.717) is 5.57 Å². The van der Waals surface area contributed by atoms with Crippen molar-refractivity contribution in [1.82, 2.24) is 0 Å². The zero-order valence-corrected chi connectivity index (χ0v) is 10.2. The minimum atomic E-state index is -0.285. The minimum Gasteiger partial charge on any atom is -0.454 e. The molecule has 0 saturated heterocycles. The minimum absolute atomic E-state index is 0.0992. The Kier molecular flexibility index (Phi) is 3.62. The maximum absolute atomic E-state index is 11.6. The van der Waals surface area contributed by atoms with E-state index in [1.54, 1.807) is 6.92 Å². The number of fused-ring (bicyclic) bond motifs is 1. The van der Waals surface area contributed by atoms with Crippen molar-refractivity contribution in [3.8, 4) is 0 Å². The number of esters is 1. The quantitative estimate of drug-likeness (QED) is 0.441. The van der Waals surface area contributed by atoms with Crippen molar-refractivity contribution >= 4 is 5.97 Å². The van der Waals surface area contributed by atoms with Gasteiger partial charge >= 0.3 is 5.97 Å². The molecule has 0 spiro atoms. The summed E-state index contributed by atoms with van der Waals surface area (Å²) >= 11 is 0. The van der Waals surface area contributed by atoms with E-state index in [2.05, 4.69) is 18.7 Å². The first kappa shape index (κ1) is 11.9. The van der Waals surface area contributed by atoms with Gasteiger partial charge < -0.3 is 4.74 Å². The Hall–Kier alpha value is -1.57. The molecule has 1 aromatic carbocycles. The molecule has 1 aliphatic rings. The van der Waals surface area contributed by atoms with Gasteiger partial charge in [0.2, 0.25) is 0 Å². The number of hydrogen-bond donors (Lipinski definition) is 0. The molecule has 0 heterocycles. The van der Waals surface area contributed by atoms with Crippen LogP contribution in [0.15, 0.2) is 36.4 Å². The van der Waals surface area contributed by atoms with Gasteiger partial charge in [0.25, 0.3) is 0 Å². The summed E-state index contributed by atoms with van der Waals surface area (Å²) in [6, 6.07) is 8.24. The summed E-state index contributed by atoms with van der Waals surface area (Å²) in [5, 5.41) is 0. The molecule has 0 aliphatic heterocycles. The molecule has 2 rings (SSSR count). The highest BCUT2D eigenvalue weighted by molar-refractivity contribution is 5.87. The molecule has 1 aliphatic carbocycles. The Bertz CT molecular complexity index is 434. The van der Waals surface area contributed by atoms with Crippen LogP contribution in [0.25, 0.3) is 0 Å². The molecule has 0 aromatic heterocycles. The highest BCUT2D eigenvalue weighted by atomic mass is 16.5. The first-order valence-corrected chi connectivity index (χ1v) is 6.13. The number of rotatable bonds is 2. The number of aryl methyl sites for hydroxylation is 1. The summed E-state index contributed by atoms with van der Waals surface area (Å²) in [7, 11) is 0. The molecule has 2 heteroatoms. The average Bonchev–Trinajstić information content (AvgIpc) is 2.52. The van der Waals surface area contributed by atoms with Crippen molar-refractivity contribution in [1.29, 1.82) is 0 Å². The van der Waals surface area contributed by atoms with Crippen molar-refractivity contribution in [2.75, 3.05) is 0 Å². The van der Waals surface area contributed by atoms with Crippen LogP contribution in [0.4, 0.5) is 0 Å². The Labute approximate surface area is 102 Å². The van der Waals surface area contributed by atoms with E-state index >= 15 is 0 Å². The summed E-state index contributed by atoms with van der Waals surface area (Å²) in [5.74, 6) is -0.285. The second kappa shape index (κ2) is 5.17. The lowest BCUT2D eigenvalue weighted by Gasteiger charge is -2.18. The van der Waals surface area contributed by atoms with Gasteiger partial charge in [0.1, 0.15) is 6.10 Å². The molecule has 1 unspecified atom stereocenters. The molecule has 1 aromatic rings. The van der Waals surface area contributed by atoms with Crippen LogP contribution in [0, 0.1) is 0 Å². The second-order valence-electron chi connectivity index (χ2n) is 4.62.